The van der Waals surface area contributed by atoms with E-state index in [1.165, 1.54) is 16.4 Å². The average molecular weight is 529 g/mol. The second-order valence-electron chi connectivity index (χ2n) is 6.67. The first-order valence-corrected chi connectivity index (χ1v) is 11.8. The molecule has 0 aliphatic carbocycles. The van der Waals surface area contributed by atoms with Crippen LogP contribution in [0.4, 0.5) is 5.69 Å². The molecule has 0 unspecified atom stereocenters. The van der Waals surface area contributed by atoms with Crippen LogP contribution in [0.2, 0.25) is 0 Å². The monoisotopic (exact) mass is 529 g/mol. The molecule has 3 rings (SSSR count). The van der Waals surface area contributed by atoms with E-state index in [-0.39, 0.29) is 10.8 Å². The highest BCUT2D eigenvalue weighted by Crippen LogP contribution is 2.23. The molecule has 156 valence electrons. The van der Waals surface area contributed by atoms with Crippen LogP contribution in [0, 0.1) is 3.57 Å². The van der Waals surface area contributed by atoms with Gasteiger partial charge in [-0.25, -0.2) is 8.42 Å². The minimum absolute atomic E-state index is 0.236. The lowest BCUT2D eigenvalue weighted by molar-refractivity contribution is 0.102. The first-order chi connectivity index (χ1) is 13.8. The molecule has 1 saturated heterocycles. The molecule has 1 fully saturated rings. The van der Waals surface area contributed by atoms with Gasteiger partial charge < -0.3 is 15.0 Å². The van der Waals surface area contributed by atoms with Gasteiger partial charge in [-0.05, 0) is 71.6 Å². The van der Waals surface area contributed by atoms with E-state index in [2.05, 4.69) is 39.7 Å². The van der Waals surface area contributed by atoms with E-state index in [0.717, 1.165) is 23.2 Å². The maximum Gasteiger partial charge on any atom is 0.255 e. The zero-order chi connectivity index (χ0) is 21.0. The number of halogens is 1. The van der Waals surface area contributed by atoms with Gasteiger partial charge in [-0.3, -0.25) is 4.79 Å². The molecule has 1 aliphatic heterocycles. The number of hydrogen-bond acceptors (Lipinski definition) is 5. The fourth-order valence-corrected chi connectivity index (χ4v) is 5.31. The van der Waals surface area contributed by atoms with Crippen molar-refractivity contribution in [2.75, 3.05) is 45.2 Å². The summed E-state index contributed by atoms with van der Waals surface area (Å²) >= 11 is 2.11. The van der Waals surface area contributed by atoms with Gasteiger partial charge in [0.2, 0.25) is 10.0 Å². The Hall–Kier alpha value is -1.69. The van der Waals surface area contributed by atoms with E-state index in [4.69, 9.17) is 4.74 Å². The Morgan fingerprint density at radius 2 is 1.76 bits per heavy atom. The van der Waals surface area contributed by atoms with Gasteiger partial charge in [0.15, 0.2) is 0 Å². The third-order valence-electron chi connectivity index (χ3n) is 4.94. The molecule has 0 spiro atoms. The SMILES string of the molecule is CCN1CCN(S(=O)(=O)c2ccc(NC(=O)c3ccc(OC)c(I)c3)cc2)CC1. The number of piperazine rings is 1. The third-order valence-corrected chi connectivity index (χ3v) is 7.70. The zero-order valence-electron chi connectivity index (χ0n) is 16.4. The topological polar surface area (TPSA) is 79.0 Å². The molecule has 7 nitrogen and oxygen atoms in total. The summed E-state index contributed by atoms with van der Waals surface area (Å²) in [5.41, 5.74) is 1.04. The number of sulfonamides is 1. The number of methoxy groups -OCH3 is 1. The number of carbonyl (C=O) groups is 1. The van der Waals surface area contributed by atoms with Crippen LogP contribution >= 0.6 is 22.6 Å². The van der Waals surface area contributed by atoms with Gasteiger partial charge in [0.25, 0.3) is 5.91 Å². The number of nitrogens with zero attached hydrogens (tertiary/aromatic N) is 2. The molecule has 1 amide bonds. The number of likely N-dealkylation sites (N-methyl/N-ethyl adjacent to an activating group) is 1. The Bertz CT molecular complexity index is 972. The minimum Gasteiger partial charge on any atom is -0.496 e. The van der Waals surface area contributed by atoms with Crippen molar-refractivity contribution >= 4 is 44.2 Å². The molecular formula is C20H24IN3O4S. The molecule has 2 aromatic rings. The van der Waals surface area contributed by atoms with Crippen LogP contribution in [0.1, 0.15) is 17.3 Å². The molecule has 0 aromatic heterocycles. The van der Waals surface area contributed by atoms with Gasteiger partial charge in [-0.2, -0.15) is 4.31 Å². The number of hydrogen-bond donors (Lipinski definition) is 1. The van der Waals surface area contributed by atoms with Crippen molar-refractivity contribution in [1.29, 1.82) is 0 Å². The lowest BCUT2D eigenvalue weighted by Gasteiger charge is -2.33. The van der Waals surface area contributed by atoms with Crippen molar-refractivity contribution in [3.05, 3.63) is 51.6 Å². The number of amides is 1. The quantitative estimate of drug-likeness (QED) is 0.583. The van der Waals surface area contributed by atoms with Crippen molar-refractivity contribution in [1.82, 2.24) is 9.21 Å². The van der Waals surface area contributed by atoms with Gasteiger partial charge in [0.05, 0.1) is 15.6 Å². The lowest BCUT2D eigenvalue weighted by Crippen LogP contribution is -2.48. The summed E-state index contributed by atoms with van der Waals surface area (Å²) in [5, 5.41) is 2.80. The summed E-state index contributed by atoms with van der Waals surface area (Å²) in [6.45, 7) is 5.46. The normalized spacial score (nSPS) is 15.8. The highest BCUT2D eigenvalue weighted by molar-refractivity contribution is 14.1. The predicted molar refractivity (Wildman–Crippen MR) is 121 cm³/mol. The van der Waals surface area contributed by atoms with E-state index >= 15 is 0 Å². The van der Waals surface area contributed by atoms with Crippen LogP contribution in [-0.4, -0.2) is 63.4 Å². The van der Waals surface area contributed by atoms with Gasteiger partial charge in [0.1, 0.15) is 5.75 Å². The summed E-state index contributed by atoms with van der Waals surface area (Å²) in [5.74, 6) is 0.438. The van der Waals surface area contributed by atoms with Crippen LogP contribution in [0.25, 0.3) is 0 Å². The largest absolute Gasteiger partial charge is 0.496 e. The summed E-state index contributed by atoms with van der Waals surface area (Å²) in [6, 6.07) is 11.5. The summed E-state index contributed by atoms with van der Waals surface area (Å²) in [7, 11) is -1.95. The van der Waals surface area contributed by atoms with Crippen LogP contribution in [-0.2, 0) is 10.0 Å². The number of benzene rings is 2. The fourth-order valence-electron chi connectivity index (χ4n) is 3.16. The Morgan fingerprint density at radius 3 is 2.31 bits per heavy atom. The molecule has 0 bridgehead atoms. The maximum atomic E-state index is 12.8. The van der Waals surface area contributed by atoms with E-state index < -0.39 is 10.0 Å². The van der Waals surface area contributed by atoms with E-state index in [0.29, 0.717) is 30.1 Å². The molecule has 1 heterocycles. The predicted octanol–water partition coefficient (Wildman–Crippen LogP) is 2.88. The zero-order valence-corrected chi connectivity index (χ0v) is 19.4. The molecule has 1 N–H and O–H groups in total. The molecule has 0 saturated carbocycles. The van der Waals surface area contributed by atoms with Crippen LogP contribution < -0.4 is 10.1 Å². The Balaban J connectivity index is 1.68. The molecule has 1 aliphatic rings. The van der Waals surface area contributed by atoms with Crippen LogP contribution in [0.5, 0.6) is 5.75 Å². The van der Waals surface area contributed by atoms with E-state index in [9.17, 15) is 13.2 Å². The van der Waals surface area contributed by atoms with Crippen LogP contribution in [0.3, 0.4) is 0 Å². The Kier molecular flexibility index (Phi) is 7.14. The van der Waals surface area contributed by atoms with Gasteiger partial charge >= 0.3 is 0 Å². The number of rotatable bonds is 6. The summed E-state index contributed by atoms with van der Waals surface area (Å²) in [4.78, 5) is 14.9. The number of ether oxygens (including phenoxy) is 1. The molecular weight excluding hydrogens is 505 g/mol. The molecule has 0 radical (unpaired) electrons. The number of nitrogens with one attached hydrogen (secondary N) is 1. The number of carbonyl (C=O) groups excluding carboxylic acids is 1. The van der Waals surface area contributed by atoms with Crippen molar-refractivity contribution in [2.45, 2.75) is 11.8 Å². The second kappa shape index (κ2) is 9.41. The third kappa shape index (κ3) is 5.08. The van der Waals surface area contributed by atoms with Gasteiger partial charge in [-0.1, -0.05) is 6.92 Å². The average Bonchev–Trinajstić information content (AvgIpc) is 2.74. The minimum atomic E-state index is -3.53. The second-order valence-corrected chi connectivity index (χ2v) is 9.77. The molecule has 29 heavy (non-hydrogen) atoms. The standard InChI is InChI=1S/C20H24IN3O4S/c1-3-23-10-12-24(13-11-23)29(26,27)17-7-5-16(6-8-17)22-20(25)15-4-9-19(28-2)18(21)14-15/h4-9,14H,3,10-13H2,1-2H3,(H,22,25). The first-order valence-electron chi connectivity index (χ1n) is 9.32. The van der Waals surface area contributed by atoms with Crippen molar-refractivity contribution < 1.29 is 17.9 Å². The molecule has 2 aromatic carbocycles. The van der Waals surface area contributed by atoms with E-state index in [1.54, 1.807) is 37.4 Å². The van der Waals surface area contributed by atoms with Gasteiger partial charge in [-0.15, -0.1) is 0 Å². The summed E-state index contributed by atoms with van der Waals surface area (Å²) in [6.07, 6.45) is 0. The highest BCUT2D eigenvalue weighted by Gasteiger charge is 2.27. The highest BCUT2D eigenvalue weighted by atomic mass is 127. The Labute approximate surface area is 185 Å². The fraction of sp³-hybridized carbons (Fsp3) is 0.350. The molecule has 9 heteroatoms. The lowest BCUT2D eigenvalue weighted by atomic mass is 10.2. The van der Waals surface area contributed by atoms with Crippen molar-refractivity contribution in [3.63, 3.8) is 0 Å². The molecule has 0 atom stereocenters. The van der Waals surface area contributed by atoms with Crippen molar-refractivity contribution in [2.24, 2.45) is 0 Å². The van der Waals surface area contributed by atoms with Gasteiger partial charge in [0, 0.05) is 37.4 Å². The maximum absolute atomic E-state index is 12.8. The Morgan fingerprint density at radius 1 is 1.10 bits per heavy atom. The van der Waals surface area contributed by atoms with E-state index in [1.807, 2.05) is 0 Å². The first kappa shape index (κ1) is 22.0. The number of anilines is 1. The summed E-state index contributed by atoms with van der Waals surface area (Å²) < 4.78 is 33.2. The smallest absolute Gasteiger partial charge is 0.255 e. The van der Waals surface area contributed by atoms with Crippen molar-refractivity contribution in [3.8, 4) is 5.75 Å². The van der Waals surface area contributed by atoms with Crippen LogP contribution in [0.15, 0.2) is 47.4 Å².